The van der Waals surface area contributed by atoms with Crippen molar-refractivity contribution in [1.29, 1.82) is 0 Å². The number of amides is 1. The number of hydrogen-bond acceptors (Lipinski definition) is 4. The van der Waals surface area contributed by atoms with Crippen LogP contribution in [-0.2, 0) is 14.8 Å². The van der Waals surface area contributed by atoms with Crippen molar-refractivity contribution >= 4 is 15.9 Å². The van der Waals surface area contributed by atoms with Gasteiger partial charge in [0.25, 0.3) is 10.0 Å². The van der Waals surface area contributed by atoms with Gasteiger partial charge in [-0.1, -0.05) is 19.3 Å². The predicted octanol–water partition coefficient (Wildman–Crippen LogP) is 1.98. The molecule has 0 radical (unpaired) electrons. The Morgan fingerprint density at radius 1 is 1.18 bits per heavy atom. The molecule has 1 aromatic carbocycles. The number of sulfonamides is 1. The van der Waals surface area contributed by atoms with Gasteiger partial charge in [0, 0.05) is 5.92 Å². The van der Waals surface area contributed by atoms with Crippen molar-refractivity contribution in [3.63, 3.8) is 0 Å². The van der Waals surface area contributed by atoms with Crippen molar-refractivity contribution in [3.05, 3.63) is 24.3 Å². The Kier molecular flexibility index (Phi) is 5.79. The van der Waals surface area contributed by atoms with E-state index in [0.29, 0.717) is 12.4 Å². The van der Waals surface area contributed by atoms with Gasteiger partial charge in [0.15, 0.2) is 0 Å². The first-order valence-electron chi connectivity index (χ1n) is 7.57. The highest BCUT2D eigenvalue weighted by atomic mass is 32.2. The lowest BCUT2D eigenvalue weighted by atomic mass is 9.89. The van der Waals surface area contributed by atoms with Crippen LogP contribution in [0.4, 0.5) is 0 Å². The monoisotopic (exact) mass is 326 g/mol. The molecule has 0 unspecified atom stereocenters. The first-order chi connectivity index (χ1) is 10.5. The molecule has 0 bridgehead atoms. The molecule has 2 N–H and O–H groups in total. The van der Waals surface area contributed by atoms with E-state index in [1.54, 1.807) is 12.1 Å². The average Bonchev–Trinajstić information content (AvgIpc) is 2.54. The van der Waals surface area contributed by atoms with E-state index in [-0.39, 0.29) is 16.7 Å². The number of carbonyl (C=O) groups excluding carboxylic acids is 1. The van der Waals surface area contributed by atoms with Gasteiger partial charge in [-0.3, -0.25) is 10.2 Å². The maximum atomic E-state index is 12.1. The molecule has 0 saturated heterocycles. The molecule has 1 aliphatic rings. The van der Waals surface area contributed by atoms with Crippen molar-refractivity contribution in [1.82, 2.24) is 10.3 Å². The average molecular weight is 326 g/mol. The van der Waals surface area contributed by atoms with Crippen LogP contribution < -0.4 is 15.0 Å². The van der Waals surface area contributed by atoms with E-state index >= 15 is 0 Å². The number of rotatable bonds is 6. The van der Waals surface area contributed by atoms with Crippen molar-refractivity contribution in [2.24, 2.45) is 5.92 Å². The lowest BCUT2D eigenvalue weighted by molar-refractivity contribution is -0.126. The van der Waals surface area contributed by atoms with E-state index in [9.17, 15) is 13.2 Å². The Bertz CT molecular complexity index is 592. The number of benzene rings is 1. The highest BCUT2D eigenvalue weighted by Gasteiger charge is 2.23. The van der Waals surface area contributed by atoms with Gasteiger partial charge in [0.1, 0.15) is 5.75 Å². The largest absolute Gasteiger partial charge is 0.494 e. The maximum Gasteiger partial charge on any atom is 0.257 e. The Labute approximate surface area is 131 Å². The molecule has 22 heavy (non-hydrogen) atoms. The lowest BCUT2D eigenvalue weighted by Crippen LogP contribution is -2.44. The Balaban J connectivity index is 1.93. The zero-order valence-electron chi connectivity index (χ0n) is 12.7. The number of hydrogen-bond donors (Lipinski definition) is 2. The van der Waals surface area contributed by atoms with E-state index in [2.05, 4.69) is 10.3 Å². The van der Waals surface area contributed by atoms with Crippen molar-refractivity contribution in [2.75, 3.05) is 6.61 Å². The standard InChI is InChI=1S/C15H22N2O4S/c1-2-21-13-8-10-14(11-9-13)22(19,20)17-16-15(18)12-6-4-3-5-7-12/h8-12,17H,2-7H2,1H3,(H,16,18). The van der Waals surface area contributed by atoms with Gasteiger partial charge in [0.2, 0.25) is 5.91 Å². The van der Waals surface area contributed by atoms with Gasteiger partial charge in [0.05, 0.1) is 11.5 Å². The van der Waals surface area contributed by atoms with Gasteiger partial charge in [-0.2, -0.15) is 0 Å². The SMILES string of the molecule is CCOc1ccc(S(=O)(=O)NNC(=O)C2CCCCC2)cc1. The maximum absolute atomic E-state index is 12.1. The molecule has 7 heteroatoms. The molecule has 0 heterocycles. The molecule has 6 nitrogen and oxygen atoms in total. The second kappa shape index (κ2) is 7.60. The minimum atomic E-state index is -3.76. The van der Waals surface area contributed by atoms with Crippen molar-refractivity contribution in [3.8, 4) is 5.75 Å². The second-order valence-corrected chi connectivity index (χ2v) is 7.02. The summed E-state index contributed by atoms with van der Waals surface area (Å²) < 4.78 is 29.5. The van der Waals surface area contributed by atoms with E-state index in [0.717, 1.165) is 32.1 Å². The normalized spacial score (nSPS) is 16.2. The molecule has 122 valence electrons. The summed E-state index contributed by atoms with van der Waals surface area (Å²) in [6, 6.07) is 6.06. The van der Waals surface area contributed by atoms with E-state index < -0.39 is 10.0 Å². The van der Waals surface area contributed by atoms with Crippen LogP contribution in [-0.4, -0.2) is 20.9 Å². The molecular formula is C15H22N2O4S. The minimum Gasteiger partial charge on any atom is -0.494 e. The molecule has 0 aliphatic heterocycles. The second-order valence-electron chi connectivity index (χ2n) is 5.33. The van der Waals surface area contributed by atoms with Crippen LogP contribution >= 0.6 is 0 Å². The fourth-order valence-corrected chi connectivity index (χ4v) is 3.37. The number of ether oxygens (including phenoxy) is 1. The predicted molar refractivity (Wildman–Crippen MR) is 82.7 cm³/mol. The van der Waals surface area contributed by atoms with Gasteiger partial charge < -0.3 is 4.74 Å². The van der Waals surface area contributed by atoms with Gasteiger partial charge in [-0.05, 0) is 44.0 Å². The van der Waals surface area contributed by atoms with Crippen LogP contribution in [0, 0.1) is 5.92 Å². The fourth-order valence-electron chi connectivity index (χ4n) is 2.52. The Morgan fingerprint density at radius 2 is 1.82 bits per heavy atom. The third-order valence-corrected chi connectivity index (χ3v) is 4.99. The summed E-state index contributed by atoms with van der Waals surface area (Å²) in [5.74, 6) is 0.249. The number of hydrazine groups is 1. The Morgan fingerprint density at radius 3 is 2.41 bits per heavy atom. The molecule has 0 aromatic heterocycles. The first-order valence-corrected chi connectivity index (χ1v) is 9.06. The van der Waals surface area contributed by atoms with E-state index in [1.807, 2.05) is 6.92 Å². The molecule has 1 aromatic rings. The molecule has 0 spiro atoms. The van der Waals surface area contributed by atoms with E-state index in [1.165, 1.54) is 12.1 Å². The molecular weight excluding hydrogens is 304 g/mol. The third kappa shape index (κ3) is 4.45. The number of carbonyl (C=O) groups is 1. The number of nitrogens with one attached hydrogen (secondary N) is 2. The molecule has 2 rings (SSSR count). The molecule has 1 fully saturated rings. The van der Waals surface area contributed by atoms with Gasteiger partial charge in [-0.15, -0.1) is 4.83 Å². The lowest BCUT2D eigenvalue weighted by Gasteiger charge is -2.20. The zero-order chi connectivity index (χ0) is 16.0. The summed E-state index contributed by atoms with van der Waals surface area (Å²) in [5.41, 5.74) is 2.32. The minimum absolute atomic E-state index is 0.0832. The summed E-state index contributed by atoms with van der Waals surface area (Å²) >= 11 is 0. The summed E-state index contributed by atoms with van der Waals surface area (Å²) in [6.45, 7) is 2.37. The van der Waals surface area contributed by atoms with E-state index in [4.69, 9.17) is 4.74 Å². The van der Waals surface area contributed by atoms with Crippen LogP contribution in [0.15, 0.2) is 29.2 Å². The highest BCUT2D eigenvalue weighted by molar-refractivity contribution is 7.89. The van der Waals surface area contributed by atoms with Crippen molar-refractivity contribution < 1.29 is 17.9 Å². The third-order valence-electron chi connectivity index (χ3n) is 3.73. The van der Waals surface area contributed by atoms with Crippen LogP contribution in [0.3, 0.4) is 0 Å². The summed E-state index contributed by atoms with van der Waals surface area (Å²) in [7, 11) is -3.76. The van der Waals surface area contributed by atoms with Gasteiger partial charge in [-0.25, -0.2) is 8.42 Å². The van der Waals surface area contributed by atoms with Crippen LogP contribution in [0.1, 0.15) is 39.0 Å². The molecule has 0 atom stereocenters. The topological polar surface area (TPSA) is 84.5 Å². The van der Waals surface area contributed by atoms with Crippen molar-refractivity contribution in [2.45, 2.75) is 43.9 Å². The quantitative estimate of drug-likeness (QED) is 0.783. The molecule has 1 aliphatic carbocycles. The smallest absolute Gasteiger partial charge is 0.257 e. The van der Waals surface area contributed by atoms with Gasteiger partial charge >= 0.3 is 0 Å². The molecule has 1 saturated carbocycles. The summed E-state index contributed by atoms with van der Waals surface area (Å²) in [6.07, 6.45) is 4.81. The fraction of sp³-hybridized carbons (Fsp3) is 0.533. The van der Waals surface area contributed by atoms with Crippen LogP contribution in [0.25, 0.3) is 0 Å². The Hall–Kier alpha value is -1.60. The first kappa shape index (κ1) is 16.8. The summed E-state index contributed by atoms with van der Waals surface area (Å²) in [5, 5.41) is 0. The summed E-state index contributed by atoms with van der Waals surface area (Å²) in [4.78, 5) is 14.2. The molecule has 1 amide bonds. The van der Waals surface area contributed by atoms with Crippen LogP contribution in [0.5, 0.6) is 5.75 Å². The van der Waals surface area contributed by atoms with Crippen LogP contribution in [0.2, 0.25) is 0 Å². The highest BCUT2D eigenvalue weighted by Crippen LogP contribution is 2.23. The zero-order valence-corrected chi connectivity index (χ0v) is 13.5.